The average molecular weight is 190 g/mol. The maximum Gasteiger partial charge on any atom is 0.126 e. The van der Waals surface area contributed by atoms with Gasteiger partial charge in [-0.3, -0.25) is 0 Å². The maximum atomic E-state index is 4.35. The highest BCUT2D eigenvalue weighted by Gasteiger charge is 2.07. The van der Waals surface area contributed by atoms with Gasteiger partial charge in [0.05, 0.1) is 5.52 Å². The van der Waals surface area contributed by atoms with Gasteiger partial charge in [0.25, 0.3) is 0 Å². The Hall–Kier alpha value is -1.49. The number of aromatic amines is 1. The predicted molar refractivity (Wildman–Crippen MR) is 51.8 cm³/mol. The van der Waals surface area contributed by atoms with Crippen LogP contribution in [0.4, 0.5) is 0 Å². The Morgan fingerprint density at radius 2 is 2.08 bits per heavy atom. The van der Waals surface area contributed by atoms with Crippen LogP contribution in [0.2, 0.25) is 0 Å². The standard InChI is InChI=1S/C8H6N4S/c1-4-9-5-2-3-6-8(7(5)10-4)13-12-11-6/h2-3,12H,1H3. The molecular weight excluding hydrogens is 184 g/mol. The lowest BCUT2D eigenvalue weighted by Crippen LogP contribution is -1.70. The summed E-state index contributed by atoms with van der Waals surface area (Å²) >= 11 is 1.49. The minimum atomic E-state index is 0.816. The number of rotatable bonds is 0. The van der Waals surface area contributed by atoms with Gasteiger partial charge in [-0.15, -0.1) is 0 Å². The SMILES string of the molecule is Cc1nc2ccc3n[nH]sc3c2n1. The average Bonchev–Trinajstić information content (AvgIpc) is 2.65. The molecule has 64 valence electrons. The van der Waals surface area contributed by atoms with Crippen molar-refractivity contribution in [1.29, 1.82) is 0 Å². The van der Waals surface area contributed by atoms with Crippen LogP contribution in [0.5, 0.6) is 0 Å². The Labute approximate surface area is 77.8 Å². The summed E-state index contributed by atoms with van der Waals surface area (Å²) in [4.78, 5) is 8.65. The van der Waals surface area contributed by atoms with Gasteiger partial charge in [-0.1, -0.05) is 0 Å². The number of fused-ring (bicyclic) bond motifs is 3. The van der Waals surface area contributed by atoms with Gasteiger partial charge in [0, 0.05) is 0 Å². The summed E-state index contributed by atoms with van der Waals surface area (Å²) in [5.74, 6) is 0.816. The number of aryl methyl sites for hydroxylation is 1. The number of nitrogens with one attached hydrogen (secondary N) is 1. The molecule has 0 saturated carbocycles. The lowest BCUT2D eigenvalue weighted by atomic mass is 10.3. The van der Waals surface area contributed by atoms with Crippen LogP contribution in [0.25, 0.3) is 21.3 Å². The molecule has 1 N–H and O–H groups in total. The van der Waals surface area contributed by atoms with Crippen molar-refractivity contribution in [3.8, 4) is 0 Å². The zero-order valence-corrected chi connectivity index (χ0v) is 7.72. The van der Waals surface area contributed by atoms with Crippen LogP contribution < -0.4 is 0 Å². The number of H-pyrrole nitrogens is 1. The molecular formula is C8H6N4S. The van der Waals surface area contributed by atoms with Gasteiger partial charge in [0.2, 0.25) is 0 Å². The van der Waals surface area contributed by atoms with E-state index in [2.05, 4.69) is 19.6 Å². The normalized spacial score (nSPS) is 11.5. The van der Waals surface area contributed by atoms with Crippen molar-refractivity contribution in [3.63, 3.8) is 0 Å². The summed E-state index contributed by atoms with van der Waals surface area (Å²) in [6.45, 7) is 1.90. The Morgan fingerprint density at radius 1 is 1.23 bits per heavy atom. The van der Waals surface area contributed by atoms with Gasteiger partial charge in [0.1, 0.15) is 21.6 Å². The molecule has 3 rings (SSSR count). The van der Waals surface area contributed by atoms with E-state index in [4.69, 9.17) is 0 Å². The fraction of sp³-hybridized carbons (Fsp3) is 0.125. The Bertz CT molecular complexity index is 580. The van der Waals surface area contributed by atoms with Crippen molar-refractivity contribution in [2.24, 2.45) is 0 Å². The second kappa shape index (κ2) is 2.26. The zero-order valence-electron chi connectivity index (χ0n) is 6.90. The molecule has 0 saturated heterocycles. The van der Waals surface area contributed by atoms with E-state index in [1.165, 1.54) is 11.5 Å². The number of aromatic nitrogens is 4. The molecule has 0 spiro atoms. The second-order valence-electron chi connectivity index (χ2n) is 2.86. The molecule has 5 heteroatoms. The van der Waals surface area contributed by atoms with Crippen LogP contribution >= 0.6 is 11.5 Å². The summed E-state index contributed by atoms with van der Waals surface area (Å²) in [6, 6.07) is 3.91. The highest BCUT2D eigenvalue weighted by atomic mass is 32.1. The van der Waals surface area contributed by atoms with Gasteiger partial charge >= 0.3 is 0 Å². The Balaban J connectivity index is 2.64. The summed E-state index contributed by atoms with van der Waals surface area (Å²) in [7, 11) is 0. The fourth-order valence-corrected chi connectivity index (χ4v) is 2.12. The lowest BCUT2D eigenvalue weighted by Gasteiger charge is -1.85. The van der Waals surface area contributed by atoms with Gasteiger partial charge < -0.3 is 0 Å². The van der Waals surface area contributed by atoms with Crippen LogP contribution in [0.15, 0.2) is 12.1 Å². The number of nitrogens with zero attached hydrogens (tertiary/aromatic N) is 3. The maximum absolute atomic E-state index is 4.35. The molecule has 0 aliphatic carbocycles. The molecule has 0 atom stereocenters. The molecule has 13 heavy (non-hydrogen) atoms. The van der Waals surface area contributed by atoms with E-state index < -0.39 is 0 Å². The van der Waals surface area contributed by atoms with Gasteiger partial charge in [0.15, 0.2) is 0 Å². The van der Waals surface area contributed by atoms with Crippen LogP contribution in [-0.2, 0) is 0 Å². The molecule has 0 amide bonds. The second-order valence-corrected chi connectivity index (χ2v) is 3.65. The van der Waals surface area contributed by atoms with Crippen LogP contribution in [-0.4, -0.2) is 19.6 Å². The quantitative estimate of drug-likeness (QED) is 0.588. The van der Waals surface area contributed by atoms with Crippen molar-refractivity contribution in [1.82, 2.24) is 19.6 Å². The van der Waals surface area contributed by atoms with Crippen molar-refractivity contribution in [2.75, 3.05) is 0 Å². The third-order valence-electron chi connectivity index (χ3n) is 1.96. The Kier molecular flexibility index (Phi) is 1.21. The fourth-order valence-electron chi connectivity index (χ4n) is 1.42. The van der Waals surface area contributed by atoms with Crippen LogP contribution in [0.3, 0.4) is 0 Å². The lowest BCUT2D eigenvalue weighted by molar-refractivity contribution is 1.17. The van der Waals surface area contributed by atoms with Crippen LogP contribution in [0, 0.1) is 6.92 Å². The molecule has 0 radical (unpaired) electrons. The molecule has 0 unspecified atom stereocenters. The van der Waals surface area contributed by atoms with E-state index >= 15 is 0 Å². The van der Waals surface area contributed by atoms with E-state index in [-0.39, 0.29) is 0 Å². The predicted octanol–water partition coefficient (Wildman–Crippen LogP) is 1.88. The van der Waals surface area contributed by atoms with E-state index in [0.717, 1.165) is 27.1 Å². The van der Waals surface area contributed by atoms with Crippen molar-refractivity contribution in [2.45, 2.75) is 6.92 Å². The first-order chi connectivity index (χ1) is 6.34. The molecule has 0 fully saturated rings. The number of imidazole rings is 1. The molecule has 3 aromatic rings. The van der Waals surface area contributed by atoms with Crippen LogP contribution in [0.1, 0.15) is 5.82 Å². The zero-order chi connectivity index (χ0) is 8.84. The molecule has 0 aliphatic rings. The van der Waals surface area contributed by atoms with Gasteiger partial charge in [-0.05, 0) is 30.6 Å². The summed E-state index contributed by atoms with van der Waals surface area (Å²) < 4.78 is 3.94. The van der Waals surface area contributed by atoms with E-state index in [0.29, 0.717) is 0 Å². The van der Waals surface area contributed by atoms with E-state index in [1.807, 2.05) is 19.1 Å². The van der Waals surface area contributed by atoms with E-state index in [1.54, 1.807) is 0 Å². The molecule has 0 bridgehead atoms. The van der Waals surface area contributed by atoms with Gasteiger partial charge in [-0.2, -0.15) is 5.10 Å². The minimum absolute atomic E-state index is 0.816. The van der Waals surface area contributed by atoms with Crippen molar-refractivity contribution < 1.29 is 0 Å². The molecule has 0 aliphatic heterocycles. The highest BCUT2D eigenvalue weighted by molar-refractivity contribution is 7.14. The first kappa shape index (κ1) is 6.97. The molecule has 2 heterocycles. The summed E-state index contributed by atoms with van der Waals surface area (Å²) in [6.07, 6.45) is 0. The van der Waals surface area contributed by atoms with Gasteiger partial charge in [-0.25, -0.2) is 14.5 Å². The third-order valence-corrected chi connectivity index (χ3v) is 2.75. The number of hydrogen-bond donors (Lipinski definition) is 1. The monoisotopic (exact) mass is 190 g/mol. The first-order valence-electron chi connectivity index (χ1n) is 3.91. The summed E-state index contributed by atoms with van der Waals surface area (Å²) in [5.41, 5.74) is 2.86. The first-order valence-corrected chi connectivity index (χ1v) is 4.73. The minimum Gasteiger partial charge on any atom is -0.232 e. The van der Waals surface area contributed by atoms with E-state index in [9.17, 15) is 0 Å². The summed E-state index contributed by atoms with van der Waals surface area (Å²) in [5, 5.41) is 4.10. The Morgan fingerprint density at radius 3 is 3.00 bits per heavy atom. The molecule has 4 nitrogen and oxygen atoms in total. The highest BCUT2D eigenvalue weighted by Crippen LogP contribution is 2.24. The largest absolute Gasteiger partial charge is 0.232 e. The molecule has 2 aromatic heterocycles. The van der Waals surface area contributed by atoms with Crippen molar-refractivity contribution in [3.05, 3.63) is 18.0 Å². The topological polar surface area (TPSA) is 54.5 Å². The smallest absolute Gasteiger partial charge is 0.126 e. The number of benzene rings is 1. The van der Waals surface area contributed by atoms with Crippen molar-refractivity contribution >= 4 is 32.8 Å². The third kappa shape index (κ3) is 0.874. The number of hydrogen-bond acceptors (Lipinski definition) is 4. The molecule has 1 aromatic carbocycles.